The molecule has 0 atom stereocenters. The van der Waals surface area contributed by atoms with Crippen molar-refractivity contribution < 1.29 is 4.79 Å². The number of guanidine groups is 1. The van der Waals surface area contributed by atoms with Gasteiger partial charge in [-0.1, -0.05) is 30.3 Å². The quantitative estimate of drug-likeness (QED) is 0.451. The van der Waals surface area contributed by atoms with Gasteiger partial charge in [0.2, 0.25) is 5.91 Å². The lowest BCUT2D eigenvalue weighted by molar-refractivity contribution is -0.127. The summed E-state index contributed by atoms with van der Waals surface area (Å²) < 4.78 is 0. The Kier molecular flexibility index (Phi) is 7.51. The van der Waals surface area contributed by atoms with Crippen LogP contribution in [-0.4, -0.2) is 78.9 Å². The molecule has 0 bridgehead atoms. The van der Waals surface area contributed by atoms with Crippen LogP contribution in [0.1, 0.15) is 31.7 Å². The highest BCUT2D eigenvalue weighted by Gasteiger charge is 2.20. The first-order chi connectivity index (χ1) is 13.3. The predicted molar refractivity (Wildman–Crippen MR) is 110 cm³/mol. The van der Waals surface area contributed by atoms with E-state index >= 15 is 0 Å². The lowest BCUT2D eigenvalue weighted by Gasteiger charge is -2.36. The van der Waals surface area contributed by atoms with E-state index in [1.54, 1.807) is 0 Å². The van der Waals surface area contributed by atoms with Crippen molar-refractivity contribution in [2.45, 2.75) is 32.7 Å². The number of piperazine rings is 1. The minimum atomic E-state index is 0.306. The number of hydrogen-bond donors (Lipinski definition) is 1. The molecular weight excluding hydrogens is 338 g/mol. The Morgan fingerprint density at radius 3 is 2.56 bits per heavy atom. The molecule has 2 saturated heterocycles. The van der Waals surface area contributed by atoms with Crippen molar-refractivity contribution in [3.8, 4) is 0 Å². The molecule has 2 aliphatic heterocycles. The first-order valence-corrected chi connectivity index (χ1v) is 10.3. The highest BCUT2D eigenvalue weighted by Crippen LogP contribution is 2.10. The third-order valence-corrected chi connectivity index (χ3v) is 5.27. The average molecular weight is 372 g/mol. The first kappa shape index (κ1) is 19.7. The molecule has 2 aliphatic rings. The zero-order valence-corrected chi connectivity index (χ0v) is 16.6. The van der Waals surface area contributed by atoms with Crippen LogP contribution in [0.25, 0.3) is 0 Å². The van der Waals surface area contributed by atoms with Crippen molar-refractivity contribution >= 4 is 11.9 Å². The molecule has 0 spiro atoms. The van der Waals surface area contributed by atoms with Gasteiger partial charge in [0.05, 0.1) is 0 Å². The fraction of sp³-hybridized carbons (Fsp3) is 0.619. The molecule has 27 heavy (non-hydrogen) atoms. The number of aliphatic imine (C=N–C) groups is 1. The minimum Gasteiger partial charge on any atom is -0.357 e. The summed E-state index contributed by atoms with van der Waals surface area (Å²) in [4.78, 5) is 23.3. The molecule has 2 heterocycles. The van der Waals surface area contributed by atoms with Gasteiger partial charge in [0.1, 0.15) is 0 Å². The van der Waals surface area contributed by atoms with Gasteiger partial charge in [-0.05, 0) is 25.3 Å². The van der Waals surface area contributed by atoms with Crippen molar-refractivity contribution in [1.29, 1.82) is 0 Å². The number of carbonyl (C=O) groups excluding carboxylic acids is 1. The number of carbonyl (C=O) groups is 1. The Hall–Kier alpha value is -2.08. The average Bonchev–Trinajstić information content (AvgIpc) is 3.11. The summed E-state index contributed by atoms with van der Waals surface area (Å²) in [5.41, 5.74) is 1.38. The lowest BCUT2D eigenvalue weighted by Crippen LogP contribution is -2.52. The third-order valence-electron chi connectivity index (χ3n) is 5.27. The van der Waals surface area contributed by atoms with Crippen LogP contribution < -0.4 is 5.32 Å². The summed E-state index contributed by atoms with van der Waals surface area (Å²) in [7, 11) is 0. The molecule has 1 aromatic carbocycles. The molecule has 0 radical (unpaired) electrons. The van der Waals surface area contributed by atoms with Crippen LogP contribution >= 0.6 is 0 Å². The van der Waals surface area contributed by atoms with Gasteiger partial charge in [0, 0.05) is 65.3 Å². The number of hydrogen-bond acceptors (Lipinski definition) is 3. The Labute approximate surface area is 163 Å². The number of benzene rings is 1. The largest absolute Gasteiger partial charge is 0.357 e. The number of likely N-dealkylation sites (tertiary alicyclic amines) is 1. The van der Waals surface area contributed by atoms with Gasteiger partial charge in [-0.25, -0.2) is 0 Å². The highest BCUT2D eigenvalue weighted by molar-refractivity contribution is 5.80. The summed E-state index contributed by atoms with van der Waals surface area (Å²) in [6.45, 7) is 10.7. The van der Waals surface area contributed by atoms with E-state index in [0.717, 1.165) is 84.1 Å². The van der Waals surface area contributed by atoms with Crippen LogP contribution in [0.15, 0.2) is 35.3 Å². The van der Waals surface area contributed by atoms with Crippen molar-refractivity contribution in [3.05, 3.63) is 35.9 Å². The van der Waals surface area contributed by atoms with E-state index in [-0.39, 0.29) is 0 Å². The predicted octanol–water partition coefficient (Wildman–Crippen LogP) is 1.78. The second-order valence-corrected chi connectivity index (χ2v) is 7.32. The molecule has 2 fully saturated rings. The first-order valence-electron chi connectivity index (χ1n) is 10.3. The molecule has 0 aromatic heterocycles. The second-order valence-electron chi connectivity index (χ2n) is 7.32. The van der Waals surface area contributed by atoms with Crippen LogP contribution in [-0.2, 0) is 11.3 Å². The Morgan fingerprint density at radius 2 is 1.89 bits per heavy atom. The van der Waals surface area contributed by atoms with Gasteiger partial charge in [-0.2, -0.15) is 0 Å². The molecule has 1 N–H and O–H groups in total. The maximum Gasteiger partial charge on any atom is 0.222 e. The number of rotatable bonds is 7. The standard InChI is InChI=1S/C21H33N5O/c1-2-22-21(23-11-7-13-25-12-6-10-20(25)27)26-16-14-24(15-17-26)18-19-8-4-3-5-9-19/h3-5,8-9H,2,6-7,10-18H2,1H3,(H,22,23). The van der Waals surface area contributed by atoms with Crippen LogP contribution in [0.3, 0.4) is 0 Å². The molecule has 0 aliphatic carbocycles. The van der Waals surface area contributed by atoms with E-state index in [9.17, 15) is 4.79 Å². The Balaban J connectivity index is 1.43. The highest BCUT2D eigenvalue weighted by atomic mass is 16.2. The van der Waals surface area contributed by atoms with E-state index in [4.69, 9.17) is 4.99 Å². The maximum atomic E-state index is 11.7. The molecule has 6 nitrogen and oxygen atoms in total. The molecule has 1 aromatic rings. The lowest BCUT2D eigenvalue weighted by atomic mass is 10.2. The van der Waals surface area contributed by atoms with Gasteiger partial charge in [0.25, 0.3) is 0 Å². The van der Waals surface area contributed by atoms with Gasteiger partial charge < -0.3 is 15.1 Å². The molecule has 0 unspecified atom stereocenters. The number of nitrogens with one attached hydrogen (secondary N) is 1. The fourth-order valence-electron chi connectivity index (χ4n) is 3.77. The van der Waals surface area contributed by atoms with Gasteiger partial charge in [-0.3, -0.25) is 14.7 Å². The smallest absolute Gasteiger partial charge is 0.222 e. The monoisotopic (exact) mass is 371 g/mol. The van der Waals surface area contributed by atoms with Crippen molar-refractivity contribution in [2.24, 2.45) is 4.99 Å². The maximum absolute atomic E-state index is 11.7. The van der Waals surface area contributed by atoms with Crippen LogP contribution in [0.2, 0.25) is 0 Å². The number of nitrogens with zero attached hydrogens (tertiary/aromatic N) is 4. The van der Waals surface area contributed by atoms with E-state index in [0.29, 0.717) is 5.91 Å². The SMILES string of the molecule is CCNC(=NCCCN1CCCC1=O)N1CCN(Cc2ccccc2)CC1. The van der Waals surface area contributed by atoms with Crippen LogP contribution in [0.4, 0.5) is 0 Å². The normalized spacial score (nSPS) is 19.0. The molecule has 0 saturated carbocycles. The third kappa shape index (κ3) is 5.96. The van der Waals surface area contributed by atoms with Crippen molar-refractivity contribution in [2.75, 3.05) is 52.4 Å². The fourth-order valence-corrected chi connectivity index (χ4v) is 3.77. The summed E-state index contributed by atoms with van der Waals surface area (Å²) in [5, 5.41) is 3.43. The summed E-state index contributed by atoms with van der Waals surface area (Å²) in [5.74, 6) is 1.32. The van der Waals surface area contributed by atoms with E-state index in [1.165, 1.54) is 5.56 Å². The molecule has 3 rings (SSSR count). The molecule has 6 heteroatoms. The van der Waals surface area contributed by atoms with Crippen molar-refractivity contribution in [3.63, 3.8) is 0 Å². The van der Waals surface area contributed by atoms with E-state index in [2.05, 4.69) is 52.4 Å². The topological polar surface area (TPSA) is 51.2 Å². The second kappa shape index (κ2) is 10.3. The molecule has 148 valence electrons. The van der Waals surface area contributed by atoms with Crippen molar-refractivity contribution in [1.82, 2.24) is 20.0 Å². The molecule has 1 amide bonds. The van der Waals surface area contributed by atoms with Gasteiger partial charge >= 0.3 is 0 Å². The van der Waals surface area contributed by atoms with Gasteiger partial charge in [-0.15, -0.1) is 0 Å². The van der Waals surface area contributed by atoms with E-state index < -0.39 is 0 Å². The van der Waals surface area contributed by atoms with Crippen LogP contribution in [0, 0.1) is 0 Å². The Morgan fingerprint density at radius 1 is 1.11 bits per heavy atom. The van der Waals surface area contributed by atoms with Gasteiger partial charge in [0.15, 0.2) is 5.96 Å². The van der Waals surface area contributed by atoms with E-state index in [1.807, 2.05) is 4.90 Å². The zero-order chi connectivity index (χ0) is 18.9. The summed E-state index contributed by atoms with van der Waals surface area (Å²) in [6, 6.07) is 10.7. The molecular formula is C21H33N5O. The zero-order valence-electron chi connectivity index (χ0n) is 16.6. The Bertz CT molecular complexity index is 610. The minimum absolute atomic E-state index is 0.306. The van der Waals surface area contributed by atoms with Crippen LogP contribution in [0.5, 0.6) is 0 Å². The number of amides is 1. The summed E-state index contributed by atoms with van der Waals surface area (Å²) in [6.07, 6.45) is 2.67. The summed E-state index contributed by atoms with van der Waals surface area (Å²) >= 11 is 0.